The number of fused-ring (bicyclic) bond motifs is 3. The van der Waals surface area contributed by atoms with Crippen molar-refractivity contribution in [2.45, 2.75) is 52.4 Å². The summed E-state index contributed by atoms with van der Waals surface area (Å²) in [5, 5.41) is 2.58. The standard InChI is InChI=1S/C43H41NS/c1-3-12-31(25-27-43(2)28-26-37(42(45)30-43)34-13-5-4-6-14-34)32-21-23-33(24-22-32)35-15-11-16-36(29-35)44-40-19-9-7-17-38(40)39-18-8-10-20-41(39)44/h5,7-11,13-26,29-30,45H,3-4,6,12,27-28H2,1-2H3/b31-25+. The highest BCUT2D eigenvalue weighted by atomic mass is 32.1. The molecule has 0 saturated heterocycles. The zero-order valence-corrected chi connectivity index (χ0v) is 27.2. The van der Waals surface area contributed by atoms with Crippen molar-refractivity contribution in [3.8, 4) is 16.8 Å². The Bertz CT molecular complexity index is 1970. The summed E-state index contributed by atoms with van der Waals surface area (Å²) in [5.74, 6) is 0. The number of hydrogen-bond acceptors (Lipinski definition) is 1. The SMILES string of the molecule is CCC/C(=C\CC1(C)C=C(S)C(C2=CCCC=C2)=CC1)c1ccc(-c2cccc(-n3c4ccccc4c4ccccc43)c2)cc1. The van der Waals surface area contributed by atoms with E-state index < -0.39 is 0 Å². The molecule has 4 aromatic carbocycles. The van der Waals surface area contributed by atoms with Crippen molar-refractivity contribution in [2.24, 2.45) is 5.41 Å². The molecule has 1 nitrogen and oxygen atoms in total. The van der Waals surface area contributed by atoms with E-state index in [1.165, 1.54) is 60.9 Å². The van der Waals surface area contributed by atoms with Gasteiger partial charge in [0.1, 0.15) is 0 Å². The Morgan fingerprint density at radius 2 is 1.56 bits per heavy atom. The van der Waals surface area contributed by atoms with Crippen LogP contribution in [0.5, 0.6) is 0 Å². The second-order valence-electron chi connectivity index (χ2n) is 12.8. The summed E-state index contributed by atoms with van der Waals surface area (Å²) in [6.07, 6.45) is 20.7. The highest BCUT2D eigenvalue weighted by Gasteiger charge is 2.25. The molecule has 0 spiro atoms. The minimum atomic E-state index is 0.0751. The highest BCUT2D eigenvalue weighted by Crippen LogP contribution is 2.42. The Kier molecular flexibility index (Phi) is 8.25. The normalized spacial score (nSPS) is 18.6. The van der Waals surface area contributed by atoms with Crippen LogP contribution in [0, 0.1) is 5.41 Å². The molecule has 1 atom stereocenters. The number of thiol groups is 1. The average Bonchev–Trinajstić information content (AvgIpc) is 3.42. The number of benzene rings is 4. The van der Waals surface area contributed by atoms with Crippen molar-refractivity contribution in [3.63, 3.8) is 0 Å². The number of allylic oxidation sites excluding steroid dienone is 9. The van der Waals surface area contributed by atoms with E-state index in [2.05, 4.69) is 152 Å². The van der Waals surface area contributed by atoms with Crippen molar-refractivity contribution in [3.05, 3.63) is 155 Å². The largest absolute Gasteiger partial charge is 0.309 e. The Balaban J connectivity index is 1.14. The van der Waals surface area contributed by atoms with Gasteiger partial charge >= 0.3 is 0 Å². The third kappa shape index (κ3) is 5.92. The number of nitrogens with zero attached hydrogens (tertiary/aromatic N) is 1. The summed E-state index contributed by atoms with van der Waals surface area (Å²) in [4.78, 5) is 1.11. The molecule has 0 saturated carbocycles. The van der Waals surface area contributed by atoms with E-state index in [0.29, 0.717) is 0 Å². The van der Waals surface area contributed by atoms with E-state index in [9.17, 15) is 0 Å². The molecule has 2 heteroatoms. The van der Waals surface area contributed by atoms with Gasteiger partial charge in [-0.3, -0.25) is 0 Å². The molecule has 7 rings (SSSR count). The highest BCUT2D eigenvalue weighted by molar-refractivity contribution is 7.84. The molecule has 2 aliphatic rings. The van der Waals surface area contributed by atoms with Gasteiger partial charge in [0.25, 0.3) is 0 Å². The molecule has 224 valence electrons. The maximum atomic E-state index is 4.94. The quantitative estimate of drug-likeness (QED) is 0.168. The van der Waals surface area contributed by atoms with Crippen molar-refractivity contribution >= 4 is 40.0 Å². The summed E-state index contributed by atoms with van der Waals surface area (Å²) in [5.41, 5.74) is 11.6. The van der Waals surface area contributed by atoms with Gasteiger partial charge in [-0.15, -0.1) is 12.6 Å². The third-order valence-electron chi connectivity index (χ3n) is 9.45. The topological polar surface area (TPSA) is 4.93 Å². The Labute approximate surface area is 273 Å². The van der Waals surface area contributed by atoms with Gasteiger partial charge < -0.3 is 4.57 Å². The van der Waals surface area contributed by atoms with Crippen molar-refractivity contribution in [2.75, 3.05) is 0 Å². The number of para-hydroxylation sites is 2. The van der Waals surface area contributed by atoms with Crippen molar-refractivity contribution in [1.29, 1.82) is 0 Å². The van der Waals surface area contributed by atoms with Crippen LogP contribution in [0.1, 0.15) is 57.9 Å². The molecule has 0 fully saturated rings. The fourth-order valence-electron chi connectivity index (χ4n) is 7.02. The first-order chi connectivity index (χ1) is 22.0. The number of aromatic nitrogens is 1. The van der Waals surface area contributed by atoms with Gasteiger partial charge in [-0.1, -0.05) is 130 Å². The summed E-state index contributed by atoms with van der Waals surface area (Å²) >= 11 is 4.94. The zero-order valence-electron chi connectivity index (χ0n) is 26.3. The molecule has 45 heavy (non-hydrogen) atoms. The molecule has 1 aromatic heterocycles. The molecule has 0 bridgehead atoms. The van der Waals surface area contributed by atoms with Gasteiger partial charge in [-0.05, 0) is 95.2 Å². The molecule has 0 N–H and O–H groups in total. The first-order valence-electron chi connectivity index (χ1n) is 16.4. The van der Waals surface area contributed by atoms with Gasteiger partial charge in [0.2, 0.25) is 0 Å². The van der Waals surface area contributed by atoms with Gasteiger partial charge in [-0.25, -0.2) is 0 Å². The summed E-state index contributed by atoms with van der Waals surface area (Å²) < 4.78 is 2.39. The minimum absolute atomic E-state index is 0.0751. The fourth-order valence-corrected chi connectivity index (χ4v) is 7.55. The van der Waals surface area contributed by atoms with Crippen LogP contribution in [-0.2, 0) is 0 Å². The molecular weight excluding hydrogens is 563 g/mol. The molecule has 0 radical (unpaired) electrons. The first kappa shape index (κ1) is 29.4. The van der Waals surface area contributed by atoms with E-state index >= 15 is 0 Å². The fraction of sp³-hybridized carbons (Fsp3) is 0.209. The number of rotatable bonds is 8. The Morgan fingerprint density at radius 3 is 2.22 bits per heavy atom. The minimum Gasteiger partial charge on any atom is -0.309 e. The van der Waals surface area contributed by atoms with E-state index in [-0.39, 0.29) is 5.41 Å². The van der Waals surface area contributed by atoms with Crippen LogP contribution >= 0.6 is 12.6 Å². The van der Waals surface area contributed by atoms with Gasteiger partial charge in [0.05, 0.1) is 11.0 Å². The van der Waals surface area contributed by atoms with Crippen molar-refractivity contribution in [1.82, 2.24) is 4.57 Å². The Morgan fingerprint density at radius 1 is 0.822 bits per heavy atom. The van der Waals surface area contributed by atoms with Crippen LogP contribution < -0.4 is 0 Å². The van der Waals surface area contributed by atoms with E-state index in [0.717, 1.165) is 43.4 Å². The average molecular weight is 604 g/mol. The van der Waals surface area contributed by atoms with Crippen LogP contribution in [0.15, 0.2) is 150 Å². The van der Waals surface area contributed by atoms with E-state index in [4.69, 9.17) is 12.6 Å². The van der Waals surface area contributed by atoms with E-state index in [1.807, 2.05) is 0 Å². The molecule has 5 aromatic rings. The molecule has 1 heterocycles. The maximum Gasteiger partial charge on any atom is 0.0541 e. The summed E-state index contributed by atoms with van der Waals surface area (Å²) in [6, 6.07) is 35.6. The lowest BCUT2D eigenvalue weighted by Gasteiger charge is -2.30. The monoisotopic (exact) mass is 603 g/mol. The predicted molar refractivity (Wildman–Crippen MR) is 198 cm³/mol. The van der Waals surface area contributed by atoms with Crippen LogP contribution in [0.3, 0.4) is 0 Å². The van der Waals surface area contributed by atoms with E-state index in [1.54, 1.807) is 0 Å². The third-order valence-corrected chi connectivity index (χ3v) is 9.82. The summed E-state index contributed by atoms with van der Waals surface area (Å²) in [7, 11) is 0. The molecule has 2 aliphatic carbocycles. The summed E-state index contributed by atoms with van der Waals surface area (Å²) in [6.45, 7) is 4.64. The molecule has 1 unspecified atom stereocenters. The Hall–Kier alpha value is -4.27. The second kappa shape index (κ2) is 12.6. The molecule has 0 aliphatic heterocycles. The maximum absolute atomic E-state index is 4.94. The molecular formula is C43H41NS. The van der Waals surface area contributed by atoms with Crippen molar-refractivity contribution < 1.29 is 0 Å². The van der Waals surface area contributed by atoms with Crippen LogP contribution in [0.4, 0.5) is 0 Å². The number of hydrogen-bond donors (Lipinski definition) is 1. The lowest BCUT2D eigenvalue weighted by Crippen LogP contribution is -2.16. The van der Waals surface area contributed by atoms with Gasteiger partial charge in [0, 0.05) is 21.4 Å². The lowest BCUT2D eigenvalue weighted by atomic mass is 9.77. The van der Waals surface area contributed by atoms with Gasteiger partial charge in [-0.2, -0.15) is 0 Å². The zero-order chi connectivity index (χ0) is 30.8. The lowest BCUT2D eigenvalue weighted by molar-refractivity contribution is 0.434. The second-order valence-corrected chi connectivity index (χ2v) is 13.3. The predicted octanol–water partition coefficient (Wildman–Crippen LogP) is 12.5. The van der Waals surface area contributed by atoms with Crippen LogP contribution in [-0.4, -0.2) is 4.57 Å². The smallest absolute Gasteiger partial charge is 0.0541 e. The molecule has 0 amide bonds. The van der Waals surface area contributed by atoms with Gasteiger partial charge in [0.15, 0.2) is 0 Å². The van der Waals surface area contributed by atoms with Crippen LogP contribution in [0.2, 0.25) is 0 Å². The first-order valence-corrected chi connectivity index (χ1v) is 16.9. The van der Waals surface area contributed by atoms with Crippen LogP contribution in [0.25, 0.3) is 44.2 Å².